The lowest BCUT2D eigenvalue weighted by molar-refractivity contribution is -0.137. The number of ether oxygens (including phenoxy) is 1. The minimum absolute atomic E-state index is 0.0976. The number of fused-ring (bicyclic) bond motifs is 1. The summed E-state index contributed by atoms with van der Waals surface area (Å²) in [7, 11) is 0. The molecular formula is C22H16F5NOS. The predicted molar refractivity (Wildman–Crippen MR) is 107 cm³/mol. The van der Waals surface area contributed by atoms with E-state index < -0.39 is 23.4 Å². The highest BCUT2D eigenvalue weighted by Crippen LogP contribution is 2.43. The van der Waals surface area contributed by atoms with E-state index in [0.717, 1.165) is 42.3 Å². The molecule has 0 aromatic heterocycles. The second-order valence-electron chi connectivity index (χ2n) is 6.91. The first-order valence-corrected chi connectivity index (χ1v) is 9.87. The van der Waals surface area contributed by atoms with Crippen molar-refractivity contribution in [3.05, 3.63) is 77.9 Å². The number of halogens is 5. The van der Waals surface area contributed by atoms with Crippen LogP contribution < -0.4 is 9.04 Å². The van der Waals surface area contributed by atoms with Crippen LogP contribution in [0.4, 0.5) is 27.6 Å². The number of hydrogen-bond donors (Lipinski definition) is 0. The average molecular weight is 437 g/mol. The lowest BCUT2D eigenvalue weighted by Crippen LogP contribution is -2.34. The van der Waals surface area contributed by atoms with Gasteiger partial charge >= 0.3 is 6.18 Å². The molecule has 1 aliphatic heterocycles. The van der Waals surface area contributed by atoms with E-state index in [1.165, 1.54) is 6.07 Å². The lowest BCUT2D eigenvalue weighted by Gasteiger charge is -2.34. The third kappa shape index (κ3) is 4.23. The van der Waals surface area contributed by atoms with E-state index in [-0.39, 0.29) is 11.7 Å². The van der Waals surface area contributed by atoms with Gasteiger partial charge in [0.15, 0.2) is 0 Å². The Labute approximate surface area is 174 Å². The van der Waals surface area contributed by atoms with Gasteiger partial charge in [-0.2, -0.15) is 13.2 Å². The first-order chi connectivity index (χ1) is 14.2. The van der Waals surface area contributed by atoms with E-state index in [2.05, 4.69) is 0 Å². The highest BCUT2D eigenvalue weighted by Gasteiger charge is 2.31. The van der Waals surface area contributed by atoms with Gasteiger partial charge < -0.3 is 9.04 Å². The molecule has 0 unspecified atom stereocenters. The highest BCUT2D eigenvalue weighted by atomic mass is 32.2. The van der Waals surface area contributed by atoms with Crippen LogP contribution in [0.25, 0.3) is 11.1 Å². The van der Waals surface area contributed by atoms with Gasteiger partial charge in [0, 0.05) is 10.5 Å². The molecule has 4 rings (SSSR count). The van der Waals surface area contributed by atoms with Crippen molar-refractivity contribution in [2.75, 3.05) is 10.8 Å². The minimum Gasteiger partial charge on any atom is -0.487 e. The van der Waals surface area contributed by atoms with Crippen molar-refractivity contribution in [1.82, 2.24) is 0 Å². The molecule has 0 radical (unpaired) electrons. The Bertz CT molecular complexity index is 1090. The van der Waals surface area contributed by atoms with E-state index in [0.29, 0.717) is 28.4 Å². The fourth-order valence-corrected chi connectivity index (χ4v) is 4.33. The molecule has 0 saturated carbocycles. The Kier molecular flexibility index (Phi) is 5.36. The van der Waals surface area contributed by atoms with Crippen LogP contribution in [0.2, 0.25) is 0 Å². The Morgan fingerprint density at radius 1 is 1.00 bits per heavy atom. The zero-order valence-electron chi connectivity index (χ0n) is 15.7. The van der Waals surface area contributed by atoms with Crippen LogP contribution in [-0.2, 0) is 6.18 Å². The summed E-state index contributed by atoms with van der Waals surface area (Å²) in [5, 5.41) is 0. The molecule has 0 saturated heterocycles. The second kappa shape index (κ2) is 7.83. The van der Waals surface area contributed by atoms with Gasteiger partial charge in [-0.15, -0.1) is 0 Å². The molecule has 0 amide bonds. The highest BCUT2D eigenvalue weighted by molar-refractivity contribution is 8.00. The Balaban J connectivity index is 1.71. The van der Waals surface area contributed by atoms with Crippen LogP contribution in [0.1, 0.15) is 12.5 Å². The summed E-state index contributed by atoms with van der Waals surface area (Å²) in [6.07, 6.45) is -4.64. The number of rotatable bonds is 3. The average Bonchev–Trinajstić information content (AvgIpc) is 2.69. The molecule has 3 aromatic rings. The van der Waals surface area contributed by atoms with Crippen LogP contribution in [0, 0.1) is 11.6 Å². The van der Waals surface area contributed by atoms with Gasteiger partial charge in [-0.25, -0.2) is 8.78 Å². The summed E-state index contributed by atoms with van der Waals surface area (Å²) in [4.78, 5) is 0.409. The number of hydrogen-bond acceptors (Lipinski definition) is 3. The second-order valence-corrected chi connectivity index (χ2v) is 8.01. The van der Waals surface area contributed by atoms with Crippen molar-refractivity contribution in [3.8, 4) is 16.9 Å². The van der Waals surface area contributed by atoms with Gasteiger partial charge in [0.25, 0.3) is 0 Å². The maximum absolute atomic E-state index is 14.2. The molecule has 0 fully saturated rings. The molecule has 2 nitrogen and oxygen atoms in total. The molecule has 3 aromatic carbocycles. The normalized spacial score (nSPS) is 16.2. The predicted octanol–water partition coefficient (Wildman–Crippen LogP) is 6.95. The molecule has 0 N–H and O–H groups in total. The van der Waals surface area contributed by atoms with Gasteiger partial charge in [-0.05, 0) is 73.0 Å². The summed E-state index contributed by atoms with van der Waals surface area (Å²) in [5.41, 5.74) is 0.389. The summed E-state index contributed by atoms with van der Waals surface area (Å²) in [6, 6.07) is 13.2. The number of anilines is 1. The fraction of sp³-hybridized carbons (Fsp3) is 0.182. The molecule has 8 heteroatoms. The van der Waals surface area contributed by atoms with Crippen LogP contribution >= 0.6 is 11.9 Å². The first-order valence-electron chi connectivity index (χ1n) is 9.09. The zero-order chi connectivity index (χ0) is 21.5. The fourth-order valence-electron chi connectivity index (χ4n) is 3.23. The molecular weight excluding hydrogens is 421 g/mol. The standard InChI is InChI=1S/C22H16F5NOS/c1-13-12-28(30-17-4-2-3-15(10-17)22(25,26)27)20-9-14(5-8-21(20)29-13)18-11-16(23)6-7-19(18)24/h2-11,13H,12H2,1H3/t13-/m0/s1. The monoisotopic (exact) mass is 437 g/mol. The SMILES string of the molecule is C[C@H]1CN(Sc2cccc(C(F)(F)F)c2)c2cc(-c3cc(F)ccc3F)ccc2O1. The zero-order valence-corrected chi connectivity index (χ0v) is 16.5. The molecule has 1 aliphatic rings. The summed E-state index contributed by atoms with van der Waals surface area (Å²) < 4.78 is 74.6. The van der Waals surface area contributed by atoms with Gasteiger partial charge in [0.05, 0.1) is 17.8 Å². The maximum atomic E-state index is 14.2. The Morgan fingerprint density at radius 3 is 2.57 bits per heavy atom. The van der Waals surface area contributed by atoms with Crippen molar-refractivity contribution < 1.29 is 26.7 Å². The van der Waals surface area contributed by atoms with Crippen LogP contribution in [0.5, 0.6) is 5.75 Å². The maximum Gasteiger partial charge on any atom is 0.416 e. The molecule has 0 aliphatic carbocycles. The minimum atomic E-state index is -4.44. The molecule has 1 atom stereocenters. The Morgan fingerprint density at radius 2 is 1.80 bits per heavy atom. The smallest absolute Gasteiger partial charge is 0.416 e. The number of alkyl halides is 3. The van der Waals surface area contributed by atoms with Crippen molar-refractivity contribution >= 4 is 17.6 Å². The van der Waals surface area contributed by atoms with Gasteiger partial charge in [-0.1, -0.05) is 12.1 Å². The van der Waals surface area contributed by atoms with Crippen molar-refractivity contribution in [2.24, 2.45) is 0 Å². The molecule has 1 heterocycles. The van der Waals surface area contributed by atoms with E-state index in [4.69, 9.17) is 4.74 Å². The largest absolute Gasteiger partial charge is 0.487 e. The van der Waals surface area contributed by atoms with E-state index in [1.807, 2.05) is 6.92 Å². The van der Waals surface area contributed by atoms with Crippen molar-refractivity contribution in [3.63, 3.8) is 0 Å². The van der Waals surface area contributed by atoms with Gasteiger partial charge in [0.2, 0.25) is 0 Å². The Hall–Kier alpha value is -2.74. The number of nitrogens with zero attached hydrogens (tertiary/aromatic N) is 1. The van der Waals surface area contributed by atoms with Gasteiger partial charge in [0.1, 0.15) is 23.5 Å². The van der Waals surface area contributed by atoms with Crippen LogP contribution in [0.3, 0.4) is 0 Å². The quantitative estimate of drug-likeness (QED) is 0.325. The summed E-state index contributed by atoms with van der Waals surface area (Å²) in [6.45, 7) is 2.26. The summed E-state index contributed by atoms with van der Waals surface area (Å²) >= 11 is 1.14. The molecule has 0 spiro atoms. The number of benzene rings is 3. The first kappa shape index (κ1) is 20.5. The van der Waals surface area contributed by atoms with Crippen molar-refractivity contribution in [1.29, 1.82) is 0 Å². The third-order valence-electron chi connectivity index (χ3n) is 4.60. The van der Waals surface area contributed by atoms with Crippen LogP contribution in [-0.4, -0.2) is 12.6 Å². The van der Waals surface area contributed by atoms with Crippen molar-refractivity contribution in [2.45, 2.75) is 24.1 Å². The van der Waals surface area contributed by atoms with E-state index >= 15 is 0 Å². The third-order valence-corrected chi connectivity index (χ3v) is 5.63. The van der Waals surface area contributed by atoms with E-state index in [1.54, 1.807) is 28.6 Å². The van der Waals surface area contributed by atoms with E-state index in [9.17, 15) is 22.0 Å². The molecule has 156 valence electrons. The molecule has 0 bridgehead atoms. The topological polar surface area (TPSA) is 12.5 Å². The molecule has 30 heavy (non-hydrogen) atoms. The summed E-state index contributed by atoms with van der Waals surface area (Å²) in [5.74, 6) is -0.614. The van der Waals surface area contributed by atoms with Gasteiger partial charge in [-0.3, -0.25) is 0 Å². The van der Waals surface area contributed by atoms with Crippen LogP contribution in [0.15, 0.2) is 65.6 Å². The lowest BCUT2D eigenvalue weighted by atomic mass is 10.0.